The molecule has 0 saturated heterocycles. The molecule has 0 aliphatic heterocycles. The highest BCUT2D eigenvalue weighted by atomic mass is 79.9. The molecule has 1 fully saturated rings. The average molecular weight is 327 g/mol. The first kappa shape index (κ1) is 14.5. The van der Waals surface area contributed by atoms with E-state index < -0.39 is 0 Å². The van der Waals surface area contributed by atoms with Crippen LogP contribution in [0.1, 0.15) is 44.6 Å². The number of benzene rings is 1. The summed E-state index contributed by atoms with van der Waals surface area (Å²) in [7, 11) is 0. The van der Waals surface area contributed by atoms with E-state index in [9.17, 15) is 10.1 Å². The Labute approximate surface area is 121 Å². The minimum absolute atomic E-state index is 0.132. The first-order valence-corrected chi connectivity index (χ1v) is 7.48. The molecule has 1 aliphatic carbocycles. The molecule has 0 unspecified atom stereocenters. The number of hydrogen-bond acceptors (Lipinski definition) is 3. The van der Waals surface area contributed by atoms with Gasteiger partial charge in [0.2, 0.25) is 0 Å². The van der Waals surface area contributed by atoms with E-state index in [1.165, 1.54) is 38.2 Å². The summed E-state index contributed by atoms with van der Waals surface area (Å²) in [4.78, 5) is 10.5. The summed E-state index contributed by atoms with van der Waals surface area (Å²) in [5.41, 5.74) is 1.25. The number of nitrogens with zero attached hydrogens (tertiary/aromatic N) is 1. The van der Waals surface area contributed by atoms with E-state index in [0.29, 0.717) is 11.0 Å². The van der Waals surface area contributed by atoms with Crippen molar-refractivity contribution in [3.05, 3.63) is 38.3 Å². The van der Waals surface area contributed by atoms with E-state index in [2.05, 4.69) is 28.2 Å². The Kier molecular flexibility index (Phi) is 4.58. The summed E-state index contributed by atoms with van der Waals surface area (Å²) in [5, 5.41) is 14.5. The Morgan fingerprint density at radius 1 is 1.37 bits per heavy atom. The minimum atomic E-state index is -0.351. The molecule has 0 atom stereocenters. The number of nitro groups is 1. The van der Waals surface area contributed by atoms with Gasteiger partial charge in [0.25, 0.3) is 5.69 Å². The highest BCUT2D eigenvalue weighted by Crippen LogP contribution is 2.31. The van der Waals surface area contributed by atoms with Crippen LogP contribution in [-0.2, 0) is 6.54 Å². The highest BCUT2D eigenvalue weighted by Gasteiger charge is 2.26. The standard InChI is InChI=1S/C14H19BrN2O2/c1-14(8-3-2-4-9-14)16-10-11-6-5-7-12(13(11)15)17(18)19/h5-7,16H,2-4,8-10H2,1H3. The third kappa shape index (κ3) is 3.54. The zero-order chi connectivity index (χ0) is 13.9. The Balaban J connectivity index is 2.07. The van der Waals surface area contributed by atoms with Crippen LogP contribution in [0, 0.1) is 10.1 Å². The molecule has 1 aromatic carbocycles. The largest absolute Gasteiger partial charge is 0.307 e. The van der Waals surface area contributed by atoms with E-state index in [0.717, 1.165) is 5.56 Å². The van der Waals surface area contributed by atoms with Crippen LogP contribution >= 0.6 is 15.9 Å². The fourth-order valence-corrected chi connectivity index (χ4v) is 3.21. The van der Waals surface area contributed by atoms with Crippen LogP contribution in [0.5, 0.6) is 0 Å². The van der Waals surface area contributed by atoms with E-state index in [4.69, 9.17) is 0 Å². The predicted molar refractivity (Wildman–Crippen MR) is 79.1 cm³/mol. The molecule has 0 radical (unpaired) electrons. The van der Waals surface area contributed by atoms with Crippen molar-refractivity contribution in [3.8, 4) is 0 Å². The molecule has 2 rings (SSSR count). The molecule has 1 aliphatic rings. The van der Waals surface area contributed by atoms with Crippen LogP contribution in [0.4, 0.5) is 5.69 Å². The van der Waals surface area contributed by atoms with Crippen molar-refractivity contribution >= 4 is 21.6 Å². The van der Waals surface area contributed by atoms with Gasteiger partial charge in [-0.05, 0) is 41.3 Å². The molecule has 104 valence electrons. The van der Waals surface area contributed by atoms with Crippen molar-refractivity contribution in [1.29, 1.82) is 0 Å². The molecule has 4 nitrogen and oxygen atoms in total. The van der Waals surface area contributed by atoms with Gasteiger partial charge in [-0.3, -0.25) is 10.1 Å². The maximum absolute atomic E-state index is 10.9. The predicted octanol–water partition coefficient (Wildman–Crippen LogP) is 4.17. The normalized spacial score (nSPS) is 18.2. The second kappa shape index (κ2) is 6.01. The van der Waals surface area contributed by atoms with E-state index in [1.54, 1.807) is 6.07 Å². The monoisotopic (exact) mass is 326 g/mol. The maximum Gasteiger partial charge on any atom is 0.283 e. The van der Waals surface area contributed by atoms with Gasteiger partial charge in [-0.15, -0.1) is 0 Å². The molecular formula is C14H19BrN2O2. The molecule has 1 aromatic rings. The summed E-state index contributed by atoms with van der Waals surface area (Å²) in [6.07, 6.45) is 6.20. The van der Waals surface area contributed by atoms with Gasteiger partial charge < -0.3 is 5.32 Å². The molecule has 5 heteroatoms. The molecule has 1 N–H and O–H groups in total. The van der Waals surface area contributed by atoms with Crippen molar-refractivity contribution < 1.29 is 4.92 Å². The molecule has 0 spiro atoms. The van der Waals surface area contributed by atoms with E-state index in [-0.39, 0.29) is 16.1 Å². The lowest BCUT2D eigenvalue weighted by molar-refractivity contribution is -0.385. The molecule has 1 saturated carbocycles. The van der Waals surface area contributed by atoms with Gasteiger partial charge in [-0.2, -0.15) is 0 Å². The smallest absolute Gasteiger partial charge is 0.283 e. The summed E-state index contributed by atoms with van der Waals surface area (Å²) >= 11 is 3.34. The lowest BCUT2D eigenvalue weighted by atomic mass is 9.83. The number of nitro benzene ring substituents is 1. The lowest BCUT2D eigenvalue weighted by Gasteiger charge is -2.35. The van der Waals surface area contributed by atoms with Crippen molar-refractivity contribution in [2.45, 2.75) is 51.1 Å². The van der Waals surface area contributed by atoms with E-state index >= 15 is 0 Å². The molecule has 0 aromatic heterocycles. The second-order valence-electron chi connectivity index (χ2n) is 5.48. The Morgan fingerprint density at radius 3 is 2.68 bits per heavy atom. The Hall–Kier alpha value is -0.940. The van der Waals surface area contributed by atoms with Gasteiger partial charge in [-0.25, -0.2) is 0 Å². The van der Waals surface area contributed by atoms with Crippen molar-refractivity contribution in [1.82, 2.24) is 5.32 Å². The van der Waals surface area contributed by atoms with Gasteiger partial charge in [0, 0.05) is 18.2 Å². The van der Waals surface area contributed by atoms with E-state index in [1.807, 2.05) is 6.07 Å². The van der Waals surface area contributed by atoms with Crippen LogP contribution < -0.4 is 5.32 Å². The fourth-order valence-electron chi connectivity index (χ4n) is 2.66. The number of hydrogen-bond donors (Lipinski definition) is 1. The second-order valence-corrected chi connectivity index (χ2v) is 6.28. The fraction of sp³-hybridized carbons (Fsp3) is 0.571. The molecule has 0 heterocycles. The van der Waals surface area contributed by atoms with Crippen LogP contribution in [0.25, 0.3) is 0 Å². The third-order valence-corrected chi connectivity index (χ3v) is 4.83. The lowest BCUT2D eigenvalue weighted by Crippen LogP contribution is -2.43. The van der Waals surface area contributed by atoms with Crippen LogP contribution in [-0.4, -0.2) is 10.5 Å². The van der Waals surface area contributed by atoms with Crippen molar-refractivity contribution in [2.24, 2.45) is 0 Å². The highest BCUT2D eigenvalue weighted by molar-refractivity contribution is 9.10. The zero-order valence-electron chi connectivity index (χ0n) is 11.1. The molecule has 0 bridgehead atoms. The van der Waals surface area contributed by atoms with Crippen LogP contribution in [0.3, 0.4) is 0 Å². The SMILES string of the molecule is CC1(NCc2cccc([N+](=O)[O-])c2Br)CCCCC1. The molecule has 19 heavy (non-hydrogen) atoms. The summed E-state index contributed by atoms with van der Waals surface area (Å²) in [6, 6.07) is 5.19. The summed E-state index contributed by atoms with van der Waals surface area (Å²) < 4.78 is 0.590. The zero-order valence-corrected chi connectivity index (χ0v) is 12.7. The number of rotatable bonds is 4. The van der Waals surface area contributed by atoms with Gasteiger partial charge >= 0.3 is 0 Å². The average Bonchev–Trinajstić information content (AvgIpc) is 2.38. The van der Waals surface area contributed by atoms with Crippen molar-refractivity contribution in [2.75, 3.05) is 0 Å². The Bertz CT molecular complexity index is 471. The van der Waals surface area contributed by atoms with Gasteiger partial charge in [0.05, 0.1) is 9.40 Å². The number of halogens is 1. The first-order valence-electron chi connectivity index (χ1n) is 6.69. The van der Waals surface area contributed by atoms with Gasteiger partial charge in [0.15, 0.2) is 0 Å². The van der Waals surface area contributed by atoms with Crippen LogP contribution in [0.2, 0.25) is 0 Å². The van der Waals surface area contributed by atoms with Crippen LogP contribution in [0.15, 0.2) is 22.7 Å². The summed E-state index contributed by atoms with van der Waals surface area (Å²) in [5.74, 6) is 0. The molecule has 0 amide bonds. The van der Waals surface area contributed by atoms with Crippen molar-refractivity contribution in [3.63, 3.8) is 0 Å². The number of nitrogens with one attached hydrogen (secondary N) is 1. The maximum atomic E-state index is 10.9. The van der Waals surface area contributed by atoms with Gasteiger partial charge in [0.1, 0.15) is 0 Å². The third-order valence-electron chi connectivity index (χ3n) is 3.92. The summed E-state index contributed by atoms with van der Waals surface area (Å²) in [6.45, 7) is 2.91. The van der Waals surface area contributed by atoms with Gasteiger partial charge in [-0.1, -0.05) is 31.4 Å². The molecular weight excluding hydrogens is 308 g/mol. The topological polar surface area (TPSA) is 55.2 Å². The Morgan fingerprint density at radius 2 is 2.05 bits per heavy atom. The first-order chi connectivity index (χ1) is 9.02. The minimum Gasteiger partial charge on any atom is -0.307 e. The quantitative estimate of drug-likeness (QED) is 0.667.